The van der Waals surface area contributed by atoms with Crippen molar-refractivity contribution >= 4 is 54.6 Å². The molecule has 1 heterocycles. The minimum Gasteiger partial charge on any atom is -0.278 e. The van der Waals surface area contributed by atoms with Gasteiger partial charge in [-0.2, -0.15) is 0 Å². The van der Waals surface area contributed by atoms with Gasteiger partial charge >= 0.3 is 0 Å². The molecule has 0 saturated heterocycles. The first-order valence-electron chi connectivity index (χ1n) is 5.91. The molecule has 0 radical (unpaired) electrons. The summed E-state index contributed by atoms with van der Waals surface area (Å²) in [6.07, 6.45) is 0.758. The first-order valence-corrected chi connectivity index (χ1v) is 9.38. The first kappa shape index (κ1) is 15.8. The van der Waals surface area contributed by atoms with Crippen LogP contribution in [0.5, 0.6) is 0 Å². The molecule has 0 bridgehead atoms. The first-order chi connectivity index (χ1) is 9.35. The molecule has 0 spiro atoms. The molecule has 0 aliphatic rings. The predicted molar refractivity (Wildman–Crippen MR) is 88.4 cm³/mol. The third-order valence-electron chi connectivity index (χ3n) is 2.86. The second kappa shape index (κ2) is 6.05. The average Bonchev–Trinajstić information content (AvgIpc) is 2.73. The van der Waals surface area contributed by atoms with Crippen LogP contribution in [0.1, 0.15) is 18.1 Å². The van der Waals surface area contributed by atoms with Gasteiger partial charge in [0.2, 0.25) is 0 Å². The maximum atomic E-state index is 12.4. The van der Waals surface area contributed by atoms with E-state index in [2.05, 4.69) is 20.7 Å². The minimum absolute atomic E-state index is 0.194. The van der Waals surface area contributed by atoms with Gasteiger partial charge in [-0.25, -0.2) is 8.42 Å². The van der Waals surface area contributed by atoms with E-state index in [0.717, 1.165) is 28.9 Å². The summed E-state index contributed by atoms with van der Waals surface area (Å²) in [5, 5.41) is 0.399. The van der Waals surface area contributed by atoms with Crippen LogP contribution in [-0.2, 0) is 16.4 Å². The SMILES string of the molecule is CCc1cccc(C)c1NS(=O)(=O)c1cc(Cl)c(Br)s1. The number of nitrogens with one attached hydrogen (secondary N) is 1. The van der Waals surface area contributed by atoms with Crippen LogP contribution in [0.15, 0.2) is 32.3 Å². The van der Waals surface area contributed by atoms with Crippen LogP contribution in [0.25, 0.3) is 0 Å². The lowest BCUT2D eigenvalue weighted by Crippen LogP contribution is -2.13. The smallest absolute Gasteiger partial charge is 0.271 e. The van der Waals surface area contributed by atoms with E-state index in [0.29, 0.717) is 14.5 Å². The predicted octanol–water partition coefficient (Wildman–Crippen LogP) is 4.84. The van der Waals surface area contributed by atoms with Gasteiger partial charge in [-0.1, -0.05) is 36.7 Å². The number of hydrogen-bond acceptors (Lipinski definition) is 3. The molecule has 1 N–H and O–H groups in total. The fraction of sp³-hybridized carbons (Fsp3) is 0.231. The second-order valence-corrected chi connectivity index (χ2v) is 8.94. The molecular weight excluding hydrogens is 382 g/mol. The summed E-state index contributed by atoms with van der Waals surface area (Å²) in [7, 11) is -3.62. The van der Waals surface area contributed by atoms with Crippen molar-refractivity contribution in [3.63, 3.8) is 0 Å². The molecule has 7 heteroatoms. The van der Waals surface area contributed by atoms with Crippen molar-refractivity contribution < 1.29 is 8.42 Å². The van der Waals surface area contributed by atoms with Gasteiger partial charge in [0.15, 0.2) is 0 Å². The van der Waals surface area contributed by atoms with E-state index in [4.69, 9.17) is 11.6 Å². The Morgan fingerprint density at radius 1 is 1.40 bits per heavy atom. The molecule has 0 unspecified atom stereocenters. The van der Waals surface area contributed by atoms with Crippen LogP contribution >= 0.6 is 38.9 Å². The molecule has 0 atom stereocenters. The molecular formula is C13H13BrClNO2S2. The third kappa shape index (κ3) is 3.19. The highest BCUT2D eigenvalue weighted by molar-refractivity contribution is 9.11. The van der Waals surface area contributed by atoms with Gasteiger partial charge in [-0.05, 0) is 46.5 Å². The monoisotopic (exact) mass is 393 g/mol. The molecule has 0 aliphatic heterocycles. The van der Waals surface area contributed by atoms with Gasteiger partial charge in [-0.15, -0.1) is 11.3 Å². The van der Waals surface area contributed by atoms with Gasteiger partial charge in [0.25, 0.3) is 10.0 Å². The van der Waals surface area contributed by atoms with Crippen molar-refractivity contribution in [2.24, 2.45) is 0 Å². The average molecular weight is 395 g/mol. The lowest BCUT2D eigenvalue weighted by Gasteiger charge is -2.13. The van der Waals surface area contributed by atoms with Gasteiger partial charge in [0, 0.05) is 0 Å². The van der Waals surface area contributed by atoms with Gasteiger partial charge in [-0.3, -0.25) is 4.72 Å². The Hall–Kier alpha value is -0.560. The number of hydrogen-bond donors (Lipinski definition) is 1. The van der Waals surface area contributed by atoms with E-state index in [1.54, 1.807) is 0 Å². The fourth-order valence-corrected chi connectivity index (χ4v) is 5.38. The standard InChI is InChI=1S/C13H13BrClNO2S2/c1-3-9-6-4-5-8(2)12(9)16-20(17,18)11-7-10(15)13(14)19-11/h4-7,16H,3H2,1-2H3. The summed E-state index contributed by atoms with van der Waals surface area (Å²) >= 11 is 10.2. The van der Waals surface area contributed by atoms with E-state index in [1.165, 1.54) is 6.07 Å². The molecule has 20 heavy (non-hydrogen) atoms. The summed E-state index contributed by atoms with van der Waals surface area (Å²) in [5.74, 6) is 0. The Balaban J connectivity index is 2.43. The number of sulfonamides is 1. The summed E-state index contributed by atoms with van der Waals surface area (Å²) in [6.45, 7) is 3.87. The van der Waals surface area contributed by atoms with Crippen LogP contribution in [0.4, 0.5) is 5.69 Å². The van der Waals surface area contributed by atoms with Crippen molar-refractivity contribution in [2.45, 2.75) is 24.5 Å². The number of halogens is 2. The molecule has 3 nitrogen and oxygen atoms in total. The zero-order valence-corrected chi connectivity index (χ0v) is 14.9. The van der Waals surface area contributed by atoms with E-state index in [1.807, 2.05) is 32.0 Å². The van der Waals surface area contributed by atoms with E-state index in [9.17, 15) is 8.42 Å². The molecule has 0 saturated carbocycles. The summed E-state index contributed by atoms with van der Waals surface area (Å²) in [4.78, 5) is 0. The number of rotatable bonds is 4. The van der Waals surface area contributed by atoms with Crippen molar-refractivity contribution in [2.75, 3.05) is 4.72 Å². The molecule has 2 aromatic rings. The maximum absolute atomic E-state index is 12.4. The third-order valence-corrected chi connectivity index (χ3v) is 7.16. The highest BCUT2D eigenvalue weighted by Gasteiger charge is 2.20. The van der Waals surface area contributed by atoms with Gasteiger partial charge in [0.05, 0.1) is 14.5 Å². The van der Waals surface area contributed by atoms with Crippen LogP contribution in [-0.4, -0.2) is 8.42 Å². The summed E-state index contributed by atoms with van der Waals surface area (Å²) < 4.78 is 28.3. The Morgan fingerprint density at radius 3 is 2.65 bits per heavy atom. The Morgan fingerprint density at radius 2 is 2.10 bits per heavy atom. The van der Waals surface area contributed by atoms with E-state index < -0.39 is 10.0 Å². The number of aryl methyl sites for hydroxylation is 2. The number of para-hydroxylation sites is 1. The van der Waals surface area contributed by atoms with Crippen LogP contribution in [0.2, 0.25) is 5.02 Å². The number of benzene rings is 1. The Bertz CT molecular complexity index is 721. The molecule has 0 amide bonds. The van der Waals surface area contributed by atoms with Crippen molar-refractivity contribution in [1.82, 2.24) is 0 Å². The molecule has 0 aliphatic carbocycles. The summed E-state index contributed by atoms with van der Waals surface area (Å²) in [6, 6.07) is 7.17. The topological polar surface area (TPSA) is 46.2 Å². The molecule has 108 valence electrons. The number of thiophene rings is 1. The molecule has 2 rings (SSSR count). The van der Waals surface area contributed by atoms with Crippen LogP contribution in [0.3, 0.4) is 0 Å². The maximum Gasteiger partial charge on any atom is 0.271 e. The molecule has 1 aromatic carbocycles. The van der Waals surface area contributed by atoms with Crippen LogP contribution < -0.4 is 4.72 Å². The fourth-order valence-electron chi connectivity index (χ4n) is 1.81. The zero-order valence-electron chi connectivity index (χ0n) is 10.9. The molecule has 0 fully saturated rings. The highest BCUT2D eigenvalue weighted by atomic mass is 79.9. The van der Waals surface area contributed by atoms with E-state index in [-0.39, 0.29) is 4.21 Å². The van der Waals surface area contributed by atoms with Gasteiger partial charge < -0.3 is 0 Å². The largest absolute Gasteiger partial charge is 0.278 e. The van der Waals surface area contributed by atoms with Crippen molar-refractivity contribution in [1.29, 1.82) is 0 Å². The Kier molecular flexibility index (Phi) is 4.79. The summed E-state index contributed by atoms with van der Waals surface area (Å²) in [5.41, 5.74) is 2.51. The van der Waals surface area contributed by atoms with Crippen LogP contribution in [0, 0.1) is 6.92 Å². The normalized spacial score (nSPS) is 11.6. The highest BCUT2D eigenvalue weighted by Crippen LogP contribution is 2.36. The number of anilines is 1. The van der Waals surface area contributed by atoms with Gasteiger partial charge in [0.1, 0.15) is 4.21 Å². The van der Waals surface area contributed by atoms with E-state index >= 15 is 0 Å². The second-order valence-electron chi connectivity index (χ2n) is 4.26. The Labute approximate surface area is 136 Å². The zero-order chi connectivity index (χ0) is 14.9. The van der Waals surface area contributed by atoms with Crippen molar-refractivity contribution in [3.8, 4) is 0 Å². The van der Waals surface area contributed by atoms with Crippen molar-refractivity contribution in [3.05, 3.63) is 44.2 Å². The quantitative estimate of drug-likeness (QED) is 0.807. The lowest BCUT2D eigenvalue weighted by molar-refractivity contribution is 0.603. The molecule has 1 aromatic heterocycles. The lowest BCUT2D eigenvalue weighted by atomic mass is 10.1. The minimum atomic E-state index is -3.62.